The average Bonchev–Trinajstić information content (AvgIpc) is 2.81. The highest BCUT2D eigenvalue weighted by Gasteiger charge is 2.24. The van der Waals surface area contributed by atoms with Crippen LogP contribution in [0.1, 0.15) is 103 Å². The van der Waals surface area contributed by atoms with Gasteiger partial charge in [0.25, 0.3) is 0 Å². The van der Waals surface area contributed by atoms with E-state index < -0.39 is 13.9 Å². The number of hydrogen-bond donors (Lipinski definition) is 1. The highest BCUT2D eigenvalue weighted by molar-refractivity contribution is 7.47. The quantitative estimate of drug-likeness (QED) is 0.0514. The van der Waals surface area contributed by atoms with Gasteiger partial charge in [-0.05, 0) is 32.1 Å². The Morgan fingerprint density at radius 2 is 1.28 bits per heavy atom. The molecule has 8 heteroatoms. The van der Waals surface area contributed by atoms with Crippen molar-refractivity contribution >= 4 is 7.82 Å². The van der Waals surface area contributed by atoms with E-state index in [2.05, 4.69) is 19.1 Å². The van der Waals surface area contributed by atoms with Gasteiger partial charge < -0.3 is 18.9 Å². The summed E-state index contributed by atoms with van der Waals surface area (Å²) in [6.45, 7) is 4.00. The number of phosphoric acid groups is 1. The molecule has 7 nitrogen and oxygen atoms in total. The molecular weight excluding hydrogens is 477 g/mol. The maximum Gasteiger partial charge on any atom is 0.472 e. The van der Waals surface area contributed by atoms with E-state index in [1.807, 2.05) is 21.1 Å². The number of ether oxygens (including phenoxy) is 2. The third-order valence-electron chi connectivity index (χ3n) is 6.13. The summed E-state index contributed by atoms with van der Waals surface area (Å²) in [6, 6.07) is 0. The lowest BCUT2D eigenvalue weighted by Gasteiger charge is -2.24. The maximum absolute atomic E-state index is 12.0. The van der Waals surface area contributed by atoms with Crippen LogP contribution in [0, 0.1) is 0 Å². The Bertz CT molecular complexity index is 553. The molecule has 1 unspecified atom stereocenters. The van der Waals surface area contributed by atoms with E-state index >= 15 is 0 Å². The molecule has 0 saturated carbocycles. The second-order valence-electron chi connectivity index (χ2n) is 10.8. The Morgan fingerprint density at radius 1 is 0.750 bits per heavy atom. The minimum absolute atomic E-state index is 0.0377. The molecule has 0 radical (unpaired) electrons. The van der Waals surface area contributed by atoms with Gasteiger partial charge >= 0.3 is 7.82 Å². The Kier molecular flexibility index (Phi) is 23.6. The van der Waals surface area contributed by atoms with Crippen molar-refractivity contribution in [3.8, 4) is 0 Å². The molecule has 216 valence electrons. The van der Waals surface area contributed by atoms with Gasteiger partial charge in [-0.2, -0.15) is 0 Å². The fourth-order valence-electron chi connectivity index (χ4n) is 3.67. The van der Waals surface area contributed by atoms with Gasteiger partial charge in [-0.3, -0.25) is 9.05 Å². The summed E-state index contributed by atoms with van der Waals surface area (Å²) in [5.41, 5.74) is 0. The van der Waals surface area contributed by atoms with Crippen molar-refractivity contribution in [3.05, 3.63) is 12.2 Å². The van der Waals surface area contributed by atoms with Crippen LogP contribution >= 0.6 is 7.82 Å². The van der Waals surface area contributed by atoms with Crippen LogP contribution in [-0.4, -0.2) is 76.7 Å². The summed E-state index contributed by atoms with van der Waals surface area (Å²) in [6.07, 6.45) is 23.7. The number of allylic oxidation sites excluding steroid dienone is 2. The fraction of sp³-hybridized carbons (Fsp3) is 0.929. The fourth-order valence-corrected chi connectivity index (χ4v) is 4.41. The molecule has 0 aromatic rings. The van der Waals surface area contributed by atoms with Crippen molar-refractivity contribution < 1.29 is 32.5 Å². The zero-order valence-electron chi connectivity index (χ0n) is 24.3. The third kappa shape index (κ3) is 26.8. The first-order valence-corrected chi connectivity index (χ1v) is 15.9. The smallest absolute Gasteiger partial charge is 0.379 e. The van der Waals surface area contributed by atoms with Gasteiger partial charge in [0.2, 0.25) is 0 Å². The highest BCUT2D eigenvalue weighted by atomic mass is 31.2. The van der Waals surface area contributed by atoms with Crippen LogP contribution in [0.3, 0.4) is 0 Å². The lowest BCUT2D eigenvalue weighted by Crippen LogP contribution is -2.37. The minimum atomic E-state index is -4.07. The molecule has 0 fully saturated rings. The Balaban J connectivity index is 3.51. The molecule has 0 aliphatic rings. The molecule has 0 amide bonds. The van der Waals surface area contributed by atoms with Gasteiger partial charge in [0.05, 0.1) is 34.4 Å². The Morgan fingerprint density at radius 3 is 1.81 bits per heavy atom. The van der Waals surface area contributed by atoms with Gasteiger partial charge in [-0.25, -0.2) is 4.57 Å². The van der Waals surface area contributed by atoms with Crippen LogP contribution in [0.15, 0.2) is 12.2 Å². The van der Waals surface area contributed by atoms with Gasteiger partial charge in [0.15, 0.2) is 0 Å². The Labute approximate surface area is 223 Å². The van der Waals surface area contributed by atoms with E-state index in [1.165, 1.54) is 89.9 Å². The second-order valence-corrected chi connectivity index (χ2v) is 12.3. The van der Waals surface area contributed by atoms with Crippen molar-refractivity contribution in [2.75, 3.05) is 61.2 Å². The second kappa shape index (κ2) is 23.8. The van der Waals surface area contributed by atoms with E-state index in [0.29, 0.717) is 24.2 Å². The van der Waals surface area contributed by atoms with Crippen LogP contribution < -0.4 is 0 Å². The summed E-state index contributed by atoms with van der Waals surface area (Å²) in [5, 5.41) is 0. The standard InChI is InChI=1S/C28H58NO6P/c1-6-7-8-9-10-11-12-13-14-15-16-17-18-19-20-21-22-24-33-26-28(32-5)27-35-36(30,31)34-25-23-29(2,3)4/h11-12,28H,6-10,13-27H2,1-5H3/p+1/b12-11-/t28-/m1/s1. The van der Waals surface area contributed by atoms with E-state index in [0.717, 1.165) is 6.42 Å². The number of likely N-dealkylation sites (N-methyl/N-ethyl adjacent to an activating group) is 1. The Hall–Kier alpha value is -0.270. The molecule has 0 spiro atoms. The minimum Gasteiger partial charge on any atom is -0.379 e. The molecule has 0 aromatic carbocycles. The number of unbranched alkanes of at least 4 members (excludes halogenated alkanes) is 13. The molecular formula is C28H59NO6P+. The molecule has 0 aliphatic carbocycles. The number of hydrogen-bond acceptors (Lipinski definition) is 5. The molecule has 0 aromatic heterocycles. The van der Waals surface area contributed by atoms with Crippen LogP contribution in [-0.2, 0) is 23.1 Å². The lowest BCUT2D eigenvalue weighted by atomic mass is 10.1. The van der Waals surface area contributed by atoms with Crippen LogP contribution in [0.5, 0.6) is 0 Å². The predicted molar refractivity (Wildman–Crippen MR) is 150 cm³/mol. The topological polar surface area (TPSA) is 74.2 Å². The first-order valence-electron chi connectivity index (χ1n) is 14.4. The number of methoxy groups -OCH3 is 1. The maximum atomic E-state index is 12.0. The van der Waals surface area contributed by atoms with Crippen LogP contribution in [0.2, 0.25) is 0 Å². The molecule has 0 aliphatic heterocycles. The molecule has 0 bridgehead atoms. The van der Waals surface area contributed by atoms with E-state index in [4.69, 9.17) is 18.5 Å². The highest BCUT2D eigenvalue weighted by Crippen LogP contribution is 2.43. The number of nitrogens with zero attached hydrogens (tertiary/aromatic N) is 1. The number of phosphoric ester groups is 1. The monoisotopic (exact) mass is 536 g/mol. The average molecular weight is 537 g/mol. The van der Waals surface area contributed by atoms with Gasteiger partial charge in [0, 0.05) is 13.7 Å². The van der Waals surface area contributed by atoms with Crippen molar-refractivity contribution in [2.24, 2.45) is 0 Å². The van der Waals surface area contributed by atoms with Gasteiger partial charge in [0.1, 0.15) is 19.3 Å². The van der Waals surface area contributed by atoms with Crippen LogP contribution in [0.25, 0.3) is 0 Å². The zero-order chi connectivity index (χ0) is 27.0. The molecule has 0 heterocycles. The SMILES string of the molecule is CCCCCC/C=C\CCCCCCCCCCCOC[C@H](COP(=O)(O)OCC[N+](C)(C)C)OC. The van der Waals surface area contributed by atoms with Crippen molar-refractivity contribution in [3.63, 3.8) is 0 Å². The molecule has 2 atom stereocenters. The summed E-state index contributed by atoms with van der Waals surface area (Å²) in [4.78, 5) is 9.80. The van der Waals surface area contributed by atoms with Gasteiger partial charge in [-0.1, -0.05) is 83.3 Å². The van der Waals surface area contributed by atoms with E-state index in [-0.39, 0.29) is 13.2 Å². The zero-order valence-corrected chi connectivity index (χ0v) is 25.2. The molecule has 1 N–H and O–H groups in total. The summed E-state index contributed by atoms with van der Waals surface area (Å²) in [5.74, 6) is 0. The summed E-state index contributed by atoms with van der Waals surface area (Å²) in [7, 11) is 3.44. The van der Waals surface area contributed by atoms with E-state index in [1.54, 1.807) is 7.11 Å². The van der Waals surface area contributed by atoms with Crippen LogP contribution in [0.4, 0.5) is 0 Å². The van der Waals surface area contributed by atoms with Crippen molar-refractivity contribution in [2.45, 2.75) is 109 Å². The van der Waals surface area contributed by atoms with Crippen molar-refractivity contribution in [1.82, 2.24) is 0 Å². The summed E-state index contributed by atoms with van der Waals surface area (Å²) >= 11 is 0. The largest absolute Gasteiger partial charge is 0.472 e. The summed E-state index contributed by atoms with van der Waals surface area (Å²) < 4.78 is 33.7. The molecule has 36 heavy (non-hydrogen) atoms. The normalized spacial score (nSPS) is 14.9. The number of quaternary nitrogens is 1. The lowest BCUT2D eigenvalue weighted by molar-refractivity contribution is -0.870. The van der Waals surface area contributed by atoms with E-state index in [9.17, 15) is 9.46 Å². The predicted octanol–water partition coefficient (Wildman–Crippen LogP) is 7.29. The van der Waals surface area contributed by atoms with Gasteiger partial charge in [-0.15, -0.1) is 0 Å². The third-order valence-corrected chi connectivity index (χ3v) is 7.11. The van der Waals surface area contributed by atoms with Crippen molar-refractivity contribution in [1.29, 1.82) is 0 Å². The first kappa shape index (κ1) is 35.7. The first-order chi connectivity index (χ1) is 17.2. The molecule has 0 saturated heterocycles. The molecule has 0 rings (SSSR count). The number of rotatable bonds is 27.